The standard InChI is InChI=1S/C17H14Cl2N8O2S/c18-13-7-6-11(8-14(13)19)10-30(28,29)17-23-21-15(9-26-16(20)22-24-25-26)27(17)12-4-2-1-3-5-12/h1-8H,9-10H2,(H2,20,22,25). The van der Waals surface area contributed by atoms with E-state index in [2.05, 4.69) is 25.7 Å². The highest BCUT2D eigenvalue weighted by Crippen LogP contribution is 2.26. The Kier molecular flexibility index (Phi) is 5.41. The normalized spacial score (nSPS) is 11.7. The molecule has 4 aromatic rings. The Morgan fingerprint density at radius 2 is 1.73 bits per heavy atom. The Labute approximate surface area is 181 Å². The van der Waals surface area contributed by atoms with Crippen LogP contribution in [0.15, 0.2) is 53.7 Å². The molecule has 10 nitrogen and oxygen atoms in total. The second-order valence-corrected chi connectivity index (χ2v) is 8.97. The summed E-state index contributed by atoms with van der Waals surface area (Å²) >= 11 is 11.9. The number of tetrazole rings is 1. The van der Waals surface area contributed by atoms with Crippen molar-refractivity contribution in [2.45, 2.75) is 17.5 Å². The number of sulfone groups is 1. The minimum Gasteiger partial charge on any atom is -0.367 e. The molecule has 0 bridgehead atoms. The number of aromatic nitrogens is 7. The topological polar surface area (TPSA) is 134 Å². The minimum absolute atomic E-state index is 0.0308. The highest BCUT2D eigenvalue weighted by molar-refractivity contribution is 7.90. The lowest BCUT2D eigenvalue weighted by molar-refractivity contribution is 0.579. The Balaban J connectivity index is 1.78. The van der Waals surface area contributed by atoms with Crippen molar-refractivity contribution in [3.8, 4) is 5.69 Å². The molecule has 2 aromatic heterocycles. The SMILES string of the molecule is Nc1nnnn1Cc1nnc(S(=O)(=O)Cc2ccc(Cl)c(Cl)c2)n1-c1ccccc1. The monoisotopic (exact) mass is 464 g/mol. The lowest BCUT2D eigenvalue weighted by Gasteiger charge is -2.11. The third-order valence-electron chi connectivity index (χ3n) is 4.18. The van der Waals surface area contributed by atoms with Crippen LogP contribution in [0.1, 0.15) is 11.4 Å². The second-order valence-electron chi connectivity index (χ2n) is 6.27. The fourth-order valence-corrected chi connectivity index (χ4v) is 4.53. The Morgan fingerprint density at radius 1 is 0.967 bits per heavy atom. The van der Waals surface area contributed by atoms with Gasteiger partial charge in [0.15, 0.2) is 5.82 Å². The van der Waals surface area contributed by atoms with E-state index >= 15 is 0 Å². The first-order valence-electron chi connectivity index (χ1n) is 8.53. The average molecular weight is 465 g/mol. The molecule has 2 heterocycles. The molecule has 0 aliphatic carbocycles. The smallest absolute Gasteiger partial charge is 0.254 e. The predicted molar refractivity (Wildman–Crippen MR) is 110 cm³/mol. The maximum atomic E-state index is 13.2. The van der Waals surface area contributed by atoms with E-state index < -0.39 is 9.84 Å². The molecular formula is C17H14Cl2N8O2S. The fraction of sp³-hybridized carbons (Fsp3) is 0.118. The zero-order valence-electron chi connectivity index (χ0n) is 15.2. The van der Waals surface area contributed by atoms with Gasteiger partial charge in [0.1, 0.15) is 6.54 Å². The number of halogens is 2. The molecule has 13 heteroatoms. The summed E-state index contributed by atoms with van der Waals surface area (Å²) in [5, 5.41) is 19.3. The molecule has 154 valence electrons. The van der Waals surface area contributed by atoms with Gasteiger partial charge in [-0.05, 0) is 40.3 Å². The largest absolute Gasteiger partial charge is 0.367 e. The van der Waals surface area contributed by atoms with Crippen LogP contribution in [-0.2, 0) is 22.1 Å². The number of nitrogens with zero attached hydrogens (tertiary/aromatic N) is 7. The molecule has 0 amide bonds. The summed E-state index contributed by atoms with van der Waals surface area (Å²) in [6.45, 7) is 0.0308. The van der Waals surface area contributed by atoms with Crippen LogP contribution in [0.25, 0.3) is 5.69 Å². The van der Waals surface area contributed by atoms with Gasteiger partial charge >= 0.3 is 0 Å². The van der Waals surface area contributed by atoms with Gasteiger partial charge in [-0.15, -0.1) is 10.2 Å². The van der Waals surface area contributed by atoms with Crippen LogP contribution in [0.5, 0.6) is 0 Å². The van der Waals surface area contributed by atoms with Gasteiger partial charge in [0.05, 0.1) is 15.8 Å². The average Bonchev–Trinajstić information content (AvgIpc) is 3.32. The van der Waals surface area contributed by atoms with Crippen molar-refractivity contribution in [2.24, 2.45) is 0 Å². The zero-order chi connectivity index (χ0) is 21.3. The highest BCUT2D eigenvalue weighted by atomic mass is 35.5. The van der Waals surface area contributed by atoms with Gasteiger partial charge in [-0.3, -0.25) is 4.57 Å². The molecule has 2 aromatic carbocycles. The second kappa shape index (κ2) is 8.01. The quantitative estimate of drug-likeness (QED) is 0.458. The zero-order valence-corrected chi connectivity index (χ0v) is 17.5. The number of hydrogen-bond donors (Lipinski definition) is 1. The van der Waals surface area contributed by atoms with E-state index in [1.54, 1.807) is 36.4 Å². The Hall–Kier alpha value is -3.02. The van der Waals surface area contributed by atoms with Crippen LogP contribution < -0.4 is 5.73 Å². The van der Waals surface area contributed by atoms with E-state index in [0.717, 1.165) is 0 Å². The van der Waals surface area contributed by atoms with E-state index in [1.807, 2.05) is 6.07 Å². The van der Waals surface area contributed by atoms with Crippen molar-refractivity contribution in [2.75, 3.05) is 5.73 Å². The van der Waals surface area contributed by atoms with E-state index in [0.29, 0.717) is 22.1 Å². The molecular weight excluding hydrogens is 451 g/mol. The summed E-state index contributed by atoms with van der Waals surface area (Å²) in [7, 11) is -3.89. The molecule has 0 radical (unpaired) electrons. The number of nitrogens with two attached hydrogens (primary N) is 1. The maximum absolute atomic E-state index is 13.2. The molecule has 0 saturated heterocycles. The first-order chi connectivity index (χ1) is 14.3. The maximum Gasteiger partial charge on any atom is 0.254 e. The van der Waals surface area contributed by atoms with Gasteiger partial charge < -0.3 is 5.73 Å². The number of rotatable bonds is 6. The Bertz CT molecular complexity index is 1300. The molecule has 30 heavy (non-hydrogen) atoms. The first-order valence-corrected chi connectivity index (χ1v) is 10.9. The van der Waals surface area contributed by atoms with Gasteiger partial charge in [0.25, 0.3) is 5.16 Å². The third kappa shape index (κ3) is 3.99. The van der Waals surface area contributed by atoms with Crippen LogP contribution in [-0.4, -0.2) is 43.4 Å². The van der Waals surface area contributed by atoms with Crippen molar-refractivity contribution >= 4 is 39.0 Å². The lowest BCUT2D eigenvalue weighted by atomic mass is 10.2. The fourth-order valence-electron chi connectivity index (χ4n) is 2.81. The van der Waals surface area contributed by atoms with Crippen molar-refractivity contribution in [1.82, 2.24) is 35.0 Å². The van der Waals surface area contributed by atoms with Crippen LogP contribution in [0.2, 0.25) is 10.0 Å². The first kappa shape index (κ1) is 20.3. The van der Waals surface area contributed by atoms with Crippen molar-refractivity contribution in [3.05, 3.63) is 70.0 Å². The summed E-state index contributed by atoms with van der Waals surface area (Å²) in [5.74, 6) is 0.0350. The van der Waals surface area contributed by atoms with Gasteiger partial charge in [-0.2, -0.15) is 0 Å². The summed E-state index contributed by atoms with van der Waals surface area (Å²) in [4.78, 5) is 0. The summed E-state index contributed by atoms with van der Waals surface area (Å²) in [6.07, 6.45) is 0. The van der Waals surface area contributed by atoms with Gasteiger partial charge in [0, 0.05) is 5.69 Å². The summed E-state index contributed by atoms with van der Waals surface area (Å²) in [5.41, 5.74) is 6.76. The molecule has 0 saturated carbocycles. The van der Waals surface area contributed by atoms with Gasteiger partial charge in [-0.1, -0.05) is 52.6 Å². The predicted octanol–water partition coefficient (Wildman–Crippen LogP) is 2.17. The number of para-hydroxylation sites is 1. The third-order valence-corrected chi connectivity index (χ3v) is 6.46. The molecule has 0 aliphatic heterocycles. The van der Waals surface area contributed by atoms with Crippen molar-refractivity contribution in [1.29, 1.82) is 0 Å². The lowest BCUT2D eigenvalue weighted by Crippen LogP contribution is -2.16. The highest BCUT2D eigenvalue weighted by Gasteiger charge is 2.27. The molecule has 0 spiro atoms. The van der Waals surface area contributed by atoms with E-state index in [1.165, 1.54) is 15.3 Å². The molecule has 0 unspecified atom stereocenters. The van der Waals surface area contributed by atoms with Crippen LogP contribution in [0.3, 0.4) is 0 Å². The molecule has 2 N–H and O–H groups in total. The number of anilines is 1. The van der Waals surface area contributed by atoms with Crippen LogP contribution in [0.4, 0.5) is 5.95 Å². The molecule has 4 rings (SSSR count). The number of nitrogen functional groups attached to an aromatic ring is 1. The summed E-state index contributed by atoms with van der Waals surface area (Å²) < 4.78 is 29.1. The molecule has 0 aliphatic rings. The number of benzene rings is 2. The van der Waals surface area contributed by atoms with Crippen LogP contribution >= 0.6 is 23.2 Å². The van der Waals surface area contributed by atoms with E-state index in [4.69, 9.17) is 28.9 Å². The Morgan fingerprint density at radius 3 is 2.40 bits per heavy atom. The van der Waals surface area contributed by atoms with Crippen LogP contribution in [0, 0.1) is 0 Å². The van der Waals surface area contributed by atoms with Crippen molar-refractivity contribution < 1.29 is 8.42 Å². The van der Waals surface area contributed by atoms with Gasteiger partial charge in [-0.25, -0.2) is 13.1 Å². The van der Waals surface area contributed by atoms with Crippen molar-refractivity contribution in [3.63, 3.8) is 0 Å². The summed E-state index contributed by atoms with van der Waals surface area (Å²) in [6, 6.07) is 13.5. The molecule has 0 fully saturated rings. The molecule has 0 atom stereocenters. The van der Waals surface area contributed by atoms with Gasteiger partial charge in [0.2, 0.25) is 15.8 Å². The van der Waals surface area contributed by atoms with E-state index in [9.17, 15) is 8.42 Å². The minimum atomic E-state index is -3.89. The number of hydrogen-bond acceptors (Lipinski definition) is 8. The van der Waals surface area contributed by atoms with E-state index in [-0.39, 0.29) is 28.4 Å².